The molecule has 2 atom stereocenters. The van der Waals surface area contributed by atoms with Gasteiger partial charge in [-0.05, 0) is 54.1 Å². The molecule has 1 aliphatic heterocycles. The molecule has 1 aliphatic rings. The molecule has 1 saturated heterocycles. The van der Waals surface area contributed by atoms with Crippen molar-refractivity contribution < 1.29 is 23.7 Å². The van der Waals surface area contributed by atoms with Crippen LogP contribution in [0.2, 0.25) is 0 Å². The van der Waals surface area contributed by atoms with Crippen molar-refractivity contribution in [2.45, 2.75) is 18.5 Å². The third-order valence-electron chi connectivity index (χ3n) is 7.13. The Morgan fingerprint density at radius 1 is 0.780 bits per heavy atom. The number of imidazole rings is 1. The Kier molecular flexibility index (Phi) is 7.82. The normalized spacial score (nSPS) is 18.3. The summed E-state index contributed by atoms with van der Waals surface area (Å²) in [7, 11) is 3.31. The summed E-state index contributed by atoms with van der Waals surface area (Å²) in [5, 5.41) is 0. The van der Waals surface area contributed by atoms with Crippen LogP contribution in [0, 0.1) is 0 Å². The van der Waals surface area contributed by atoms with Gasteiger partial charge in [-0.3, -0.25) is 0 Å². The van der Waals surface area contributed by atoms with Gasteiger partial charge in [0.2, 0.25) is 0 Å². The fourth-order valence-electron chi connectivity index (χ4n) is 5.00. The lowest BCUT2D eigenvalue weighted by molar-refractivity contribution is -0.155. The van der Waals surface area contributed by atoms with Gasteiger partial charge in [0.15, 0.2) is 5.82 Å². The molecule has 0 spiro atoms. The van der Waals surface area contributed by atoms with Gasteiger partial charge in [0, 0.05) is 16.7 Å². The van der Waals surface area contributed by atoms with Crippen molar-refractivity contribution >= 4 is 0 Å². The Labute approximate surface area is 239 Å². The maximum Gasteiger partial charge on any atom is 0.256 e. The van der Waals surface area contributed by atoms with E-state index in [0.717, 1.165) is 45.1 Å². The molecule has 208 valence electrons. The molecular formula is C34H32N2O5. The van der Waals surface area contributed by atoms with Crippen LogP contribution in [0.25, 0.3) is 22.5 Å². The zero-order valence-corrected chi connectivity index (χ0v) is 23.1. The average molecular weight is 549 g/mol. The summed E-state index contributed by atoms with van der Waals surface area (Å²) in [4.78, 5) is 8.70. The fourth-order valence-corrected chi connectivity index (χ4v) is 5.00. The molecule has 1 fully saturated rings. The highest BCUT2D eigenvalue weighted by Gasteiger charge is 2.48. The van der Waals surface area contributed by atoms with E-state index in [9.17, 15) is 0 Å². The summed E-state index contributed by atoms with van der Waals surface area (Å²) in [5.41, 5.74) is 5.47. The van der Waals surface area contributed by atoms with Crippen LogP contribution in [-0.2, 0) is 26.6 Å². The lowest BCUT2D eigenvalue weighted by Crippen LogP contribution is -2.32. The van der Waals surface area contributed by atoms with Gasteiger partial charge in [0.1, 0.15) is 17.6 Å². The highest BCUT2D eigenvalue weighted by Crippen LogP contribution is 2.42. The first-order valence-corrected chi connectivity index (χ1v) is 13.6. The molecule has 0 aliphatic carbocycles. The third-order valence-corrected chi connectivity index (χ3v) is 7.13. The highest BCUT2D eigenvalue weighted by molar-refractivity contribution is 5.79. The molecule has 7 heteroatoms. The van der Waals surface area contributed by atoms with Gasteiger partial charge in [0.25, 0.3) is 5.79 Å². The minimum atomic E-state index is -1.23. The lowest BCUT2D eigenvalue weighted by atomic mass is 10.0. The molecule has 0 bridgehead atoms. The monoisotopic (exact) mass is 548 g/mol. The standard InChI is InChI=1S/C34H32N2O5/c1-37-28-17-13-25(14-18-28)31-32(26-15-19-29(38-2)20-16-26)36-33(35-31)34(27-11-7-4-8-12-27)40-23-30(41-34)22-39-21-24-9-5-3-6-10-24/h3-20,30H,21-23H2,1-2H3,(H,35,36)/t30-,34+/m0/s1. The molecule has 41 heavy (non-hydrogen) atoms. The number of aromatic amines is 1. The Bertz CT molecular complexity index is 1490. The molecule has 1 aromatic heterocycles. The van der Waals surface area contributed by atoms with E-state index >= 15 is 0 Å². The first-order chi connectivity index (χ1) is 20.2. The van der Waals surface area contributed by atoms with Crippen molar-refractivity contribution in [1.82, 2.24) is 9.97 Å². The van der Waals surface area contributed by atoms with E-state index in [4.69, 9.17) is 28.7 Å². The number of methoxy groups -OCH3 is 2. The number of ether oxygens (including phenoxy) is 5. The Balaban J connectivity index is 1.37. The number of aromatic nitrogens is 2. The molecule has 0 amide bonds. The van der Waals surface area contributed by atoms with E-state index in [0.29, 0.717) is 25.6 Å². The van der Waals surface area contributed by atoms with Crippen LogP contribution in [0.15, 0.2) is 109 Å². The minimum Gasteiger partial charge on any atom is -0.497 e. The second-order valence-corrected chi connectivity index (χ2v) is 9.80. The summed E-state index contributed by atoms with van der Waals surface area (Å²) in [6.07, 6.45) is -0.280. The predicted octanol–water partition coefficient (Wildman–Crippen LogP) is 6.59. The Hall–Kier alpha value is -4.43. The van der Waals surface area contributed by atoms with Gasteiger partial charge in [-0.1, -0.05) is 60.7 Å². The molecule has 1 N–H and O–H groups in total. The maximum atomic E-state index is 6.69. The number of nitrogens with zero attached hydrogens (tertiary/aromatic N) is 1. The minimum absolute atomic E-state index is 0.280. The van der Waals surface area contributed by atoms with Gasteiger partial charge in [-0.25, -0.2) is 4.98 Å². The van der Waals surface area contributed by atoms with Crippen LogP contribution >= 0.6 is 0 Å². The van der Waals surface area contributed by atoms with Crippen LogP contribution in [0.5, 0.6) is 11.5 Å². The summed E-state index contributed by atoms with van der Waals surface area (Å²) in [6, 6.07) is 35.7. The number of H-pyrrole nitrogens is 1. The Morgan fingerprint density at radius 3 is 2.02 bits per heavy atom. The van der Waals surface area contributed by atoms with Crippen LogP contribution in [0.4, 0.5) is 0 Å². The largest absolute Gasteiger partial charge is 0.497 e. The topological polar surface area (TPSA) is 74.8 Å². The zero-order valence-electron chi connectivity index (χ0n) is 23.1. The molecule has 5 aromatic rings. The van der Waals surface area contributed by atoms with Crippen molar-refractivity contribution in [3.63, 3.8) is 0 Å². The van der Waals surface area contributed by atoms with Crippen molar-refractivity contribution in [3.8, 4) is 34.0 Å². The lowest BCUT2D eigenvalue weighted by Gasteiger charge is -2.26. The van der Waals surface area contributed by atoms with Crippen LogP contribution in [-0.4, -0.2) is 43.5 Å². The van der Waals surface area contributed by atoms with E-state index in [1.54, 1.807) is 14.2 Å². The van der Waals surface area contributed by atoms with Gasteiger partial charge in [-0.15, -0.1) is 0 Å². The van der Waals surface area contributed by atoms with E-state index < -0.39 is 5.79 Å². The van der Waals surface area contributed by atoms with Crippen molar-refractivity contribution in [3.05, 3.63) is 126 Å². The summed E-state index contributed by atoms with van der Waals surface area (Å²) >= 11 is 0. The molecule has 0 unspecified atom stereocenters. The number of hydrogen-bond acceptors (Lipinski definition) is 6. The third kappa shape index (κ3) is 5.60. The number of nitrogens with one attached hydrogen (secondary N) is 1. The SMILES string of the molecule is COc1ccc(-c2nc([C@]3(c4ccccc4)OC[C@H](COCc4ccccc4)O3)[nH]c2-c2ccc(OC)cc2)cc1. The van der Waals surface area contributed by atoms with Gasteiger partial charge >= 0.3 is 0 Å². The van der Waals surface area contributed by atoms with E-state index in [1.165, 1.54) is 0 Å². The molecule has 7 nitrogen and oxygen atoms in total. The van der Waals surface area contributed by atoms with E-state index in [-0.39, 0.29) is 6.10 Å². The summed E-state index contributed by atoms with van der Waals surface area (Å²) in [5.74, 6) is 0.887. The maximum absolute atomic E-state index is 6.69. The smallest absolute Gasteiger partial charge is 0.256 e. The van der Waals surface area contributed by atoms with Crippen LogP contribution in [0.3, 0.4) is 0 Å². The predicted molar refractivity (Wildman–Crippen MR) is 157 cm³/mol. The Morgan fingerprint density at radius 2 is 1.39 bits per heavy atom. The van der Waals surface area contributed by atoms with E-state index in [1.807, 2.05) is 109 Å². The molecular weight excluding hydrogens is 516 g/mol. The number of rotatable bonds is 10. The molecule has 4 aromatic carbocycles. The average Bonchev–Trinajstić information content (AvgIpc) is 3.68. The van der Waals surface area contributed by atoms with E-state index in [2.05, 4.69) is 4.98 Å². The second kappa shape index (κ2) is 12.0. The summed E-state index contributed by atoms with van der Waals surface area (Å²) < 4.78 is 30.0. The van der Waals surface area contributed by atoms with Crippen molar-refractivity contribution in [2.24, 2.45) is 0 Å². The number of hydrogen-bond donors (Lipinski definition) is 1. The first kappa shape index (κ1) is 26.8. The number of benzene rings is 4. The molecule has 2 heterocycles. The molecule has 0 saturated carbocycles. The fraction of sp³-hybridized carbons (Fsp3) is 0.206. The molecule has 0 radical (unpaired) electrons. The van der Waals surface area contributed by atoms with Crippen LogP contribution in [0.1, 0.15) is 17.0 Å². The summed E-state index contributed by atoms with van der Waals surface area (Å²) in [6.45, 7) is 1.25. The zero-order chi connectivity index (χ0) is 28.1. The quantitative estimate of drug-likeness (QED) is 0.212. The van der Waals surface area contributed by atoms with Crippen molar-refractivity contribution in [1.29, 1.82) is 0 Å². The van der Waals surface area contributed by atoms with Gasteiger partial charge < -0.3 is 28.7 Å². The van der Waals surface area contributed by atoms with Gasteiger partial charge in [-0.2, -0.15) is 0 Å². The second-order valence-electron chi connectivity index (χ2n) is 9.80. The van der Waals surface area contributed by atoms with Crippen molar-refractivity contribution in [2.75, 3.05) is 27.4 Å². The van der Waals surface area contributed by atoms with Gasteiger partial charge in [0.05, 0.1) is 45.4 Å². The first-order valence-electron chi connectivity index (χ1n) is 13.6. The molecule has 6 rings (SSSR count). The highest BCUT2D eigenvalue weighted by atomic mass is 16.8. The van der Waals surface area contributed by atoms with Crippen LogP contribution < -0.4 is 9.47 Å².